The number of rotatable bonds is 3. The molecule has 1 unspecified atom stereocenters. The minimum atomic E-state index is -0.272. The maximum atomic E-state index is 11.0. The average Bonchev–Trinajstić information content (AvgIpc) is 2.09. The summed E-state index contributed by atoms with van der Waals surface area (Å²) < 4.78 is 0. The van der Waals surface area contributed by atoms with Crippen LogP contribution in [0.5, 0.6) is 0 Å². The van der Waals surface area contributed by atoms with E-state index in [1.807, 2.05) is 38.1 Å². The van der Waals surface area contributed by atoms with Gasteiger partial charge in [0.1, 0.15) is 0 Å². The maximum absolute atomic E-state index is 11.0. The molecule has 2 heteroatoms. The lowest BCUT2D eigenvalue weighted by molar-refractivity contribution is -0.113. The molecule has 0 saturated carbocycles. The molecule has 1 aromatic rings. The highest BCUT2D eigenvalue weighted by molar-refractivity contribution is 6.64. The number of carbonyl (C=O) groups excluding carboxylic acids is 1. The van der Waals surface area contributed by atoms with Gasteiger partial charge in [-0.2, -0.15) is 0 Å². The second kappa shape index (κ2) is 4.43. The Labute approximate surface area is 83.7 Å². The fraction of sp³-hybridized carbons (Fsp3) is 0.364. The zero-order valence-corrected chi connectivity index (χ0v) is 8.64. The Morgan fingerprint density at radius 1 is 1.38 bits per heavy atom. The number of benzene rings is 1. The van der Waals surface area contributed by atoms with E-state index in [0.717, 1.165) is 12.0 Å². The SMILES string of the molecule is CCC(C(=O)Cl)c1ccc(C)cc1. The van der Waals surface area contributed by atoms with Crippen molar-refractivity contribution in [3.63, 3.8) is 0 Å². The van der Waals surface area contributed by atoms with Crippen molar-refractivity contribution in [2.75, 3.05) is 0 Å². The molecule has 1 rings (SSSR count). The summed E-state index contributed by atoms with van der Waals surface area (Å²) in [4.78, 5) is 11.0. The summed E-state index contributed by atoms with van der Waals surface area (Å²) in [5.41, 5.74) is 2.20. The van der Waals surface area contributed by atoms with Crippen LogP contribution in [0.4, 0.5) is 0 Å². The minimum absolute atomic E-state index is 0.151. The van der Waals surface area contributed by atoms with Gasteiger partial charge in [0.05, 0.1) is 5.92 Å². The molecule has 1 nitrogen and oxygen atoms in total. The van der Waals surface area contributed by atoms with Gasteiger partial charge in [-0.15, -0.1) is 0 Å². The van der Waals surface area contributed by atoms with Crippen LogP contribution >= 0.6 is 11.6 Å². The Kier molecular flexibility index (Phi) is 3.49. The molecule has 70 valence electrons. The predicted molar refractivity (Wildman–Crippen MR) is 55.1 cm³/mol. The second-order valence-electron chi connectivity index (χ2n) is 3.18. The third-order valence-electron chi connectivity index (χ3n) is 2.16. The molecule has 1 atom stereocenters. The molecule has 0 amide bonds. The molecule has 0 spiro atoms. The summed E-state index contributed by atoms with van der Waals surface area (Å²) in [5, 5.41) is -0.272. The Bertz CT molecular complexity index is 289. The van der Waals surface area contributed by atoms with Gasteiger partial charge < -0.3 is 0 Å². The van der Waals surface area contributed by atoms with Gasteiger partial charge >= 0.3 is 0 Å². The van der Waals surface area contributed by atoms with Crippen molar-refractivity contribution in [1.29, 1.82) is 0 Å². The van der Waals surface area contributed by atoms with Gasteiger partial charge in [-0.25, -0.2) is 0 Å². The van der Waals surface area contributed by atoms with Crippen LogP contribution in [0, 0.1) is 6.92 Å². The Hall–Kier alpha value is -0.820. The predicted octanol–water partition coefficient (Wildman–Crippen LogP) is 3.25. The van der Waals surface area contributed by atoms with E-state index < -0.39 is 0 Å². The summed E-state index contributed by atoms with van der Waals surface area (Å²) >= 11 is 5.48. The molecule has 0 aromatic heterocycles. The van der Waals surface area contributed by atoms with Crippen LogP contribution in [0.15, 0.2) is 24.3 Å². The summed E-state index contributed by atoms with van der Waals surface area (Å²) in [7, 11) is 0. The molecule has 13 heavy (non-hydrogen) atoms. The molecule has 0 aliphatic heterocycles. The maximum Gasteiger partial charge on any atom is 0.229 e. The first-order valence-electron chi connectivity index (χ1n) is 4.41. The van der Waals surface area contributed by atoms with Crippen LogP contribution in [-0.4, -0.2) is 5.24 Å². The van der Waals surface area contributed by atoms with E-state index in [0.29, 0.717) is 0 Å². The first kappa shape index (κ1) is 10.3. The van der Waals surface area contributed by atoms with Crippen LogP contribution in [0.25, 0.3) is 0 Å². The highest BCUT2D eigenvalue weighted by Crippen LogP contribution is 2.22. The van der Waals surface area contributed by atoms with E-state index in [1.165, 1.54) is 5.56 Å². The summed E-state index contributed by atoms with van der Waals surface area (Å²) in [6.45, 7) is 3.98. The molecule has 0 aliphatic rings. The van der Waals surface area contributed by atoms with Crippen molar-refractivity contribution >= 4 is 16.8 Å². The van der Waals surface area contributed by atoms with Gasteiger partial charge in [0, 0.05) is 0 Å². The van der Waals surface area contributed by atoms with E-state index in [9.17, 15) is 4.79 Å². The molecule has 0 saturated heterocycles. The number of hydrogen-bond donors (Lipinski definition) is 0. The third kappa shape index (κ3) is 2.56. The number of aryl methyl sites for hydroxylation is 1. The van der Waals surface area contributed by atoms with E-state index in [4.69, 9.17) is 11.6 Å². The van der Waals surface area contributed by atoms with Crippen molar-refractivity contribution in [2.24, 2.45) is 0 Å². The van der Waals surface area contributed by atoms with Crippen LogP contribution in [0.2, 0.25) is 0 Å². The lowest BCUT2D eigenvalue weighted by atomic mass is 9.97. The van der Waals surface area contributed by atoms with Gasteiger partial charge in [0.2, 0.25) is 5.24 Å². The van der Waals surface area contributed by atoms with Crippen LogP contribution in [-0.2, 0) is 4.79 Å². The average molecular weight is 197 g/mol. The Morgan fingerprint density at radius 3 is 2.31 bits per heavy atom. The highest BCUT2D eigenvalue weighted by Gasteiger charge is 2.15. The third-order valence-corrected chi connectivity index (χ3v) is 2.43. The van der Waals surface area contributed by atoms with Gasteiger partial charge in [-0.3, -0.25) is 4.79 Å². The zero-order valence-electron chi connectivity index (χ0n) is 7.88. The number of halogens is 1. The zero-order chi connectivity index (χ0) is 9.84. The Balaban J connectivity index is 2.92. The van der Waals surface area contributed by atoms with E-state index >= 15 is 0 Å². The lowest BCUT2D eigenvalue weighted by Crippen LogP contribution is -2.04. The molecule has 1 aromatic carbocycles. The van der Waals surface area contributed by atoms with E-state index in [2.05, 4.69) is 0 Å². The molecular formula is C11H13ClO. The molecule has 0 N–H and O–H groups in total. The van der Waals surface area contributed by atoms with Crippen molar-refractivity contribution in [1.82, 2.24) is 0 Å². The summed E-state index contributed by atoms with van der Waals surface area (Å²) in [6, 6.07) is 7.92. The first-order chi connectivity index (χ1) is 6.15. The Morgan fingerprint density at radius 2 is 1.92 bits per heavy atom. The van der Waals surface area contributed by atoms with Gasteiger partial charge in [-0.1, -0.05) is 36.8 Å². The van der Waals surface area contributed by atoms with E-state index in [-0.39, 0.29) is 11.2 Å². The van der Waals surface area contributed by atoms with Gasteiger partial charge in [0.15, 0.2) is 0 Å². The van der Waals surface area contributed by atoms with Crippen LogP contribution in [0.3, 0.4) is 0 Å². The van der Waals surface area contributed by atoms with Crippen molar-refractivity contribution in [2.45, 2.75) is 26.2 Å². The standard InChI is InChI=1S/C11H13ClO/c1-3-10(11(12)13)9-6-4-8(2)5-7-9/h4-7,10H,3H2,1-2H3. The monoisotopic (exact) mass is 196 g/mol. The second-order valence-corrected chi connectivity index (χ2v) is 3.55. The topological polar surface area (TPSA) is 17.1 Å². The summed E-state index contributed by atoms with van der Waals surface area (Å²) in [6.07, 6.45) is 0.755. The first-order valence-corrected chi connectivity index (χ1v) is 4.79. The fourth-order valence-corrected chi connectivity index (χ4v) is 1.61. The van der Waals surface area contributed by atoms with E-state index in [1.54, 1.807) is 0 Å². The molecular weight excluding hydrogens is 184 g/mol. The lowest BCUT2D eigenvalue weighted by Gasteiger charge is -2.09. The van der Waals surface area contributed by atoms with Crippen LogP contribution in [0.1, 0.15) is 30.4 Å². The minimum Gasteiger partial charge on any atom is -0.281 e. The summed E-state index contributed by atoms with van der Waals surface area (Å²) in [5.74, 6) is -0.151. The quantitative estimate of drug-likeness (QED) is 0.679. The van der Waals surface area contributed by atoms with Crippen molar-refractivity contribution in [3.8, 4) is 0 Å². The van der Waals surface area contributed by atoms with Gasteiger partial charge in [-0.05, 0) is 30.5 Å². The highest BCUT2D eigenvalue weighted by atomic mass is 35.5. The normalized spacial score (nSPS) is 12.5. The van der Waals surface area contributed by atoms with Crippen molar-refractivity contribution in [3.05, 3.63) is 35.4 Å². The van der Waals surface area contributed by atoms with Crippen LogP contribution < -0.4 is 0 Å². The van der Waals surface area contributed by atoms with Gasteiger partial charge in [0.25, 0.3) is 0 Å². The fourth-order valence-electron chi connectivity index (χ4n) is 1.33. The van der Waals surface area contributed by atoms with Crippen molar-refractivity contribution < 1.29 is 4.79 Å². The molecule has 0 fully saturated rings. The number of hydrogen-bond acceptors (Lipinski definition) is 1. The smallest absolute Gasteiger partial charge is 0.229 e. The number of carbonyl (C=O) groups is 1. The largest absolute Gasteiger partial charge is 0.281 e. The molecule has 0 radical (unpaired) electrons. The molecule has 0 aliphatic carbocycles. The molecule has 0 heterocycles. The molecule has 0 bridgehead atoms.